The molecule has 2 atom stereocenters. The average molecular weight is 478 g/mol. The number of nitrogens with zero attached hydrogens (tertiary/aromatic N) is 1. The molecule has 2 unspecified atom stereocenters. The summed E-state index contributed by atoms with van der Waals surface area (Å²) in [6.07, 6.45) is 1.85. The third-order valence-electron chi connectivity index (χ3n) is 4.58. The Morgan fingerprint density at radius 1 is 1.16 bits per heavy atom. The molecule has 0 spiro atoms. The number of aliphatic hydroxyl groups is 1. The number of ether oxygens (including phenoxy) is 1. The number of carboxylic acid groups (broad SMARTS) is 1. The first kappa shape index (κ1) is 23.8. The lowest BCUT2D eigenvalue weighted by molar-refractivity contribution is -0.139. The number of carbonyl (C=O) groups is 1. The van der Waals surface area contributed by atoms with Crippen LogP contribution in [-0.4, -0.2) is 59.6 Å². The molecule has 11 heteroatoms. The number of hydrogen-bond acceptors (Lipinski definition) is 7. The number of aromatic amines is 1. The fourth-order valence-electron chi connectivity index (χ4n) is 2.91. The van der Waals surface area contributed by atoms with E-state index >= 15 is 0 Å². The van der Waals surface area contributed by atoms with Crippen LogP contribution in [0.1, 0.15) is 6.42 Å². The van der Waals surface area contributed by atoms with Crippen LogP contribution in [0.25, 0.3) is 11.1 Å². The minimum Gasteiger partial charge on any atom is -0.497 e. The van der Waals surface area contributed by atoms with Gasteiger partial charge in [0.1, 0.15) is 11.8 Å². The molecule has 170 valence electrons. The largest absolute Gasteiger partial charge is 0.497 e. The van der Waals surface area contributed by atoms with Crippen molar-refractivity contribution in [3.05, 3.63) is 60.9 Å². The number of sulfonamides is 1. The standard InChI is InChI=1S/C21H23N3O6S2/c1-30-17-6-2-14(3-7-17)15-4-8-18(9-5-15)32(28,29)24-19(20(26)27)12-16(25)13-31-21-22-10-11-23-21/h2-11,16,19,24-25H,12-13H2,1H3,(H,22,23)(H,26,27). The van der Waals surface area contributed by atoms with Crippen molar-refractivity contribution in [1.29, 1.82) is 0 Å². The second-order valence-corrected chi connectivity index (χ2v) is 9.58. The van der Waals surface area contributed by atoms with Crippen molar-refractivity contribution in [3.63, 3.8) is 0 Å². The Morgan fingerprint density at radius 3 is 2.31 bits per heavy atom. The lowest BCUT2D eigenvalue weighted by atomic mass is 10.1. The van der Waals surface area contributed by atoms with Gasteiger partial charge in [-0.3, -0.25) is 4.79 Å². The van der Waals surface area contributed by atoms with Gasteiger partial charge < -0.3 is 19.9 Å². The van der Waals surface area contributed by atoms with Crippen LogP contribution in [0, 0.1) is 0 Å². The Hall–Kier alpha value is -2.86. The molecular formula is C21H23N3O6S2. The molecule has 4 N–H and O–H groups in total. The summed E-state index contributed by atoms with van der Waals surface area (Å²) in [4.78, 5) is 18.4. The third-order valence-corrected chi connectivity index (χ3v) is 7.11. The van der Waals surface area contributed by atoms with Gasteiger partial charge in [0.15, 0.2) is 5.16 Å². The molecule has 2 aromatic carbocycles. The Morgan fingerprint density at radius 2 is 1.78 bits per heavy atom. The predicted molar refractivity (Wildman–Crippen MR) is 120 cm³/mol. The highest BCUT2D eigenvalue weighted by molar-refractivity contribution is 7.99. The number of thioether (sulfide) groups is 1. The minimum absolute atomic E-state index is 0.0690. The maximum Gasteiger partial charge on any atom is 0.321 e. The molecule has 0 saturated carbocycles. The summed E-state index contributed by atoms with van der Waals surface area (Å²) in [5, 5.41) is 20.2. The average Bonchev–Trinajstić information content (AvgIpc) is 3.31. The second-order valence-electron chi connectivity index (χ2n) is 6.86. The van der Waals surface area contributed by atoms with Crippen molar-refractivity contribution >= 4 is 27.8 Å². The maximum atomic E-state index is 12.7. The van der Waals surface area contributed by atoms with Gasteiger partial charge in [0.2, 0.25) is 10.0 Å². The Bertz CT molecular complexity index is 1120. The Balaban J connectivity index is 1.65. The lowest BCUT2D eigenvalue weighted by Crippen LogP contribution is -2.43. The van der Waals surface area contributed by atoms with Gasteiger partial charge >= 0.3 is 5.97 Å². The highest BCUT2D eigenvalue weighted by atomic mass is 32.2. The number of aliphatic hydroxyl groups excluding tert-OH is 1. The minimum atomic E-state index is -4.11. The van der Waals surface area contributed by atoms with Crippen LogP contribution in [0.2, 0.25) is 0 Å². The van der Waals surface area contributed by atoms with Crippen LogP contribution < -0.4 is 9.46 Å². The summed E-state index contributed by atoms with van der Waals surface area (Å²) in [6.45, 7) is 0. The second kappa shape index (κ2) is 10.6. The van der Waals surface area contributed by atoms with E-state index < -0.39 is 28.1 Å². The maximum absolute atomic E-state index is 12.7. The van der Waals surface area contributed by atoms with E-state index in [1.807, 2.05) is 12.1 Å². The molecule has 0 aliphatic rings. The van der Waals surface area contributed by atoms with E-state index in [0.717, 1.165) is 11.1 Å². The van der Waals surface area contributed by atoms with E-state index in [1.165, 1.54) is 23.9 Å². The molecule has 1 heterocycles. The van der Waals surface area contributed by atoms with Gasteiger partial charge in [-0.05, 0) is 35.4 Å². The van der Waals surface area contributed by atoms with Gasteiger partial charge in [0.05, 0.1) is 18.1 Å². The van der Waals surface area contributed by atoms with E-state index in [0.29, 0.717) is 10.9 Å². The fourth-order valence-corrected chi connectivity index (χ4v) is 4.88. The first-order chi connectivity index (χ1) is 15.3. The zero-order chi connectivity index (χ0) is 23.1. The quantitative estimate of drug-likeness (QED) is 0.308. The van der Waals surface area contributed by atoms with Crippen molar-refractivity contribution in [3.8, 4) is 16.9 Å². The first-order valence-electron chi connectivity index (χ1n) is 9.58. The lowest BCUT2D eigenvalue weighted by Gasteiger charge is -2.18. The summed E-state index contributed by atoms with van der Waals surface area (Å²) in [7, 11) is -2.53. The van der Waals surface area contributed by atoms with Crippen LogP contribution in [0.15, 0.2) is 71.0 Å². The fraction of sp³-hybridized carbons (Fsp3) is 0.238. The van der Waals surface area contributed by atoms with Gasteiger partial charge in [-0.15, -0.1) is 0 Å². The van der Waals surface area contributed by atoms with Gasteiger partial charge in [0.25, 0.3) is 0 Å². The van der Waals surface area contributed by atoms with Crippen LogP contribution in [0.4, 0.5) is 0 Å². The number of carboxylic acids is 1. The summed E-state index contributed by atoms with van der Waals surface area (Å²) in [5.41, 5.74) is 1.68. The van der Waals surface area contributed by atoms with Crippen LogP contribution >= 0.6 is 11.8 Å². The topological polar surface area (TPSA) is 142 Å². The van der Waals surface area contributed by atoms with Gasteiger partial charge in [-0.25, -0.2) is 13.4 Å². The molecule has 32 heavy (non-hydrogen) atoms. The summed E-state index contributed by atoms with van der Waals surface area (Å²) in [5.74, 6) is -0.498. The number of imidazole rings is 1. The SMILES string of the molecule is COc1ccc(-c2ccc(S(=O)(=O)NC(CC(O)CSc3ncc[nH]3)C(=O)O)cc2)cc1. The van der Waals surface area contributed by atoms with Crippen molar-refractivity contribution in [2.45, 2.75) is 28.6 Å². The number of benzene rings is 2. The molecule has 0 aliphatic carbocycles. The third kappa shape index (κ3) is 6.33. The van der Waals surface area contributed by atoms with E-state index in [-0.39, 0.29) is 17.1 Å². The highest BCUT2D eigenvalue weighted by Crippen LogP contribution is 2.24. The predicted octanol–water partition coefficient (Wildman–Crippen LogP) is 2.36. The number of hydrogen-bond donors (Lipinski definition) is 4. The van der Waals surface area contributed by atoms with E-state index in [1.54, 1.807) is 43.8 Å². The molecule has 0 saturated heterocycles. The van der Waals surface area contributed by atoms with Crippen molar-refractivity contribution in [1.82, 2.24) is 14.7 Å². The van der Waals surface area contributed by atoms with E-state index in [9.17, 15) is 23.4 Å². The number of rotatable bonds is 11. The number of aromatic nitrogens is 2. The van der Waals surface area contributed by atoms with E-state index in [2.05, 4.69) is 14.7 Å². The number of aliphatic carboxylic acids is 1. The number of H-pyrrole nitrogens is 1. The number of methoxy groups -OCH3 is 1. The molecule has 9 nitrogen and oxygen atoms in total. The zero-order valence-corrected chi connectivity index (χ0v) is 18.8. The Labute approximate surface area is 189 Å². The number of nitrogens with one attached hydrogen (secondary N) is 2. The molecule has 3 rings (SSSR count). The summed E-state index contributed by atoms with van der Waals surface area (Å²) >= 11 is 1.21. The normalized spacial score (nSPS) is 13.4. The van der Waals surface area contributed by atoms with Crippen molar-refractivity contribution < 1.29 is 28.2 Å². The van der Waals surface area contributed by atoms with Gasteiger partial charge in [0, 0.05) is 24.6 Å². The molecule has 1 aromatic heterocycles. The van der Waals surface area contributed by atoms with Crippen LogP contribution in [-0.2, 0) is 14.8 Å². The molecule has 0 fully saturated rings. The monoisotopic (exact) mass is 477 g/mol. The summed E-state index contributed by atoms with van der Waals surface area (Å²) in [6, 6.07) is 11.9. The molecule has 0 amide bonds. The van der Waals surface area contributed by atoms with Crippen molar-refractivity contribution in [2.24, 2.45) is 0 Å². The molecule has 0 radical (unpaired) electrons. The van der Waals surface area contributed by atoms with Gasteiger partial charge in [-0.2, -0.15) is 4.72 Å². The molecule has 0 bridgehead atoms. The zero-order valence-electron chi connectivity index (χ0n) is 17.1. The molecule has 0 aliphatic heterocycles. The molecule has 3 aromatic rings. The van der Waals surface area contributed by atoms with Crippen LogP contribution in [0.5, 0.6) is 5.75 Å². The Kier molecular flexibility index (Phi) is 7.91. The van der Waals surface area contributed by atoms with Crippen molar-refractivity contribution in [2.75, 3.05) is 12.9 Å². The van der Waals surface area contributed by atoms with Crippen LogP contribution in [0.3, 0.4) is 0 Å². The summed E-state index contributed by atoms with van der Waals surface area (Å²) < 4.78 is 32.7. The highest BCUT2D eigenvalue weighted by Gasteiger charge is 2.28. The molecular weight excluding hydrogens is 454 g/mol. The smallest absolute Gasteiger partial charge is 0.321 e. The first-order valence-corrected chi connectivity index (χ1v) is 12.1. The van der Waals surface area contributed by atoms with E-state index in [4.69, 9.17) is 4.74 Å². The van der Waals surface area contributed by atoms with Gasteiger partial charge in [-0.1, -0.05) is 36.0 Å².